The number of benzene rings is 2. The van der Waals surface area contributed by atoms with Gasteiger partial charge in [0.25, 0.3) is 0 Å². The number of carbonyl (C=O) groups is 2. The number of nitrogens with one attached hydrogen (secondary N) is 2. The molecule has 1 fully saturated rings. The van der Waals surface area contributed by atoms with E-state index in [-0.39, 0.29) is 11.9 Å². The Bertz CT molecular complexity index is 1160. The Hall–Kier alpha value is -3.29. The van der Waals surface area contributed by atoms with Gasteiger partial charge in [0.2, 0.25) is 11.0 Å². The number of rotatable bonds is 4. The van der Waals surface area contributed by atoms with E-state index < -0.39 is 6.04 Å². The van der Waals surface area contributed by atoms with Crippen molar-refractivity contribution in [3.8, 4) is 16.6 Å². The van der Waals surface area contributed by atoms with Crippen molar-refractivity contribution in [2.75, 3.05) is 17.2 Å². The lowest BCUT2D eigenvalue weighted by Crippen LogP contribution is -2.45. The second-order valence-corrected chi connectivity index (χ2v) is 8.78. The van der Waals surface area contributed by atoms with E-state index in [0.29, 0.717) is 34.4 Å². The standard InChI is InChI=1S/C21H17BrN6O2S/c22-15-4-1-3-14(11-15)19-26-27-20(31-19)25-18(29)17-5-2-10-28(17)21(30)24-16-8-6-13(12-23)7-9-16/h1,3-4,6-9,11,17H,2,5,10H2,(H,24,30)(H,25,27,29). The summed E-state index contributed by atoms with van der Waals surface area (Å²) in [6, 6.07) is 15.3. The Morgan fingerprint density at radius 1 is 1.16 bits per heavy atom. The van der Waals surface area contributed by atoms with E-state index in [2.05, 4.69) is 36.8 Å². The lowest BCUT2D eigenvalue weighted by atomic mass is 10.2. The van der Waals surface area contributed by atoms with Crippen LogP contribution in [0.15, 0.2) is 53.0 Å². The predicted molar refractivity (Wildman–Crippen MR) is 122 cm³/mol. The van der Waals surface area contributed by atoms with Gasteiger partial charge in [-0.15, -0.1) is 10.2 Å². The highest BCUT2D eigenvalue weighted by Gasteiger charge is 2.34. The highest BCUT2D eigenvalue weighted by atomic mass is 79.9. The number of nitriles is 1. The Morgan fingerprint density at radius 3 is 2.71 bits per heavy atom. The van der Waals surface area contributed by atoms with Gasteiger partial charge in [0.05, 0.1) is 11.6 Å². The van der Waals surface area contributed by atoms with Gasteiger partial charge in [-0.25, -0.2) is 4.79 Å². The predicted octanol–water partition coefficient (Wildman–Crippen LogP) is 4.47. The second-order valence-electron chi connectivity index (χ2n) is 6.88. The van der Waals surface area contributed by atoms with Crippen molar-refractivity contribution in [2.45, 2.75) is 18.9 Å². The Labute approximate surface area is 191 Å². The normalized spacial score (nSPS) is 15.4. The van der Waals surface area contributed by atoms with Crippen LogP contribution in [0.2, 0.25) is 0 Å². The second kappa shape index (κ2) is 9.24. The molecular weight excluding hydrogens is 480 g/mol. The van der Waals surface area contributed by atoms with Crippen LogP contribution in [0.5, 0.6) is 0 Å². The number of aromatic nitrogens is 2. The van der Waals surface area contributed by atoms with Gasteiger partial charge >= 0.3 is 6.03 Å². The number of hydrogen-bond donors (Lipinski definition) is 2. The first-order valence-corrected chi connectivity index (χ1v) is 11.1. The minimum atomic E-state index is -0.586. The van der Waals surface area contributed by atoms with Gasteiger partial charge in [-0.05, 0) is 49.2 Å². The van der Waals surface area contributed by atoms with Crippen LogP contribution in [0.1, 0.15) is 18.4 Å². The maximum absolute atomic E-state index is 12.8. The van der Waals surface area contributed by atoms with Crippen LogP contribution in [0.4, 0.5) is 15.6 Å². The zero-order valence-corrected chi connectivity index (χ0v) is 18.6. The smallest absolute Gasteiger partial charge is 0.312 e. The molecule has 4 rings (SSSR count). The van der Waals surface area contributed by atoms with Crippen LogP contribution in [-0.2, 0) is 4.79 Å². The summed E-state index contributed by atoms with van der Waals surface area (Å²) in [4.78, 5) is 27.0. The molecule has 0 saturated carbocycles. The number of nitrogens with zero attached hydrogens (tertiary/aromatic N) is 4. The topological polar surface area (TPSA) is 111 Å². The van der Waals surface area contributed by atoms with Crippen molar-refractivity contribution >= 4 is 50.0 Å². The number of carbonyl (C=O) groups excluding carboxylic acids is 2. The maximum atomic E-state index is 12.8. The zero-order chi connectivity index (χ0) is 21.8. The van der Waals surface area contributed by atoms with E-state index >= 15 is 0 Å². The lowest BCUT2D eigenvalue weighted by Gasteiger charge is -2.23. The summed E-state index contributed by atoms with van der Waals surface area (Å²) >= 11 is 4.71. The number of amides is 3. The molecule has 0 aliphatic carbocycles. The minimum absolute atomic E-state index is 0.288. The van der Waals surface area contributed by atoms with Gasteiger partial charge in [0, 0.05) is 22.3 Å². The first-order valence-electron chi connectivity index (χ1n) is 9.51. The molecule has 10 heteroatoms. The van der Waals surface area contributed by atoms with Crippen molar-refractivity contribution in [2.24, 2.45) is 0 Å². The van der Waals surface area contributed by atoms with Crippen molar-refractivity contribution in [1.29, 1.82) is 5.26 Å². The molecule has 1 atom stereocenters. The van der Waals surface area contributed by atoms with Gasteiger partial charge in [0.15, 0.2) is 0 Å². The minimum Gasteiger partial charge on any atom is -0.312 e. The molecule has 2 N–H and O–H groups in total. The quantitative estimate of drug-likeness (QED) is 0.553. The molecule has 31 heavy (non-hydrogen) atoms. The van der Waals surface area contributed by atoms with Crippen LogP contribution in [-0.4, -0.2) is 39.6 Å². The van der Waals surface area contributed by atoms with E-state index in [1.807, 2.05) is 30.3 Å². The third-order valence-electron chi connectivity index (χ3n) is 4.81. The summed E-state index contributed by atoms with van der Waals surface area (Å²) in [5, 5.41) is 23.7. The third kappa shape index (κ3) is 4.90. The van der Waals surface area contributed by atoms with E-state index in [1.165, 1.54) is 16.2 Å². The fraction of sp³-hybridized carbons (Fsp3) is 0.190. The zero-order valence-electron chi connectivity index (χ0n) is 16.2. The number of likely N-dealkylation sites (tertiary alicyclic amines) is 1. The third-order valence-corrected chi connectivity index (χ3v) is 6.19. The van der Waals surface area contributed by atoms with E-state index in [0.717, 1.165) is 16.5 Å². The molecule has 2 aromatic carbocycles. The Balaban J connectivity index is 1.41. The summed E-state index contributed by atoms with van der Waals surface area (Å²) in [6.45, 7) is 0.486. The molecule has 1 unspecified atom stereocenters. The number of hydrogen-bond acceptors (Lipinski definition) is 6. The van der Waals surface area contributed by atoms with Crippen molar-refractivity contribution in [1.82, 2.24) is 15.1 Å². The molecule has 1 aliphatic rings. The molecule has 0 radical (unpaired) electrons. The van der Waals surface area contributed by atoms with Gasteiger partial charge in [-0.1, -0.05) is 39.4 Å². The molecule has 2 heterocycles. The number of urea groups is 1. The molecule has 156 valence electrons. The van der Waals surface area contributed by atoms with Crippen LogP contribution < -0.4 is 10.6 Å². The lowest BCUT2D eigenvalue weighted by molar-refractivity contribution is -0.119. The van der Waals surface area contributed by atoms with Crippen LogP contribution in [0, 0.1) is 11.3 Å². The molecule has 8 nitrogen and oxygen atoms in total. The highest BCUT2D eigenvalue weighted by Crippen LogP contribution is 2.29. The van der Waals surface area contributed by atoms with Crippen molar-refractivity contribution in [3.05, 3.63) is 58.6 Å². The van der Waals surface area contributed by atoms with Gasteiger partial charge in [-0.2, -0.15) is 5.26 Å². The van der Waals surface area contributed by atoms with Crippen LogP contribution in [0.3, 0.4) is 0 Å². The van der Waals surface area contributed by atoms with Gasteiger partial charge in [0.1, 0.15) is 11.0 Å². The van der Waals surface area contributed by atoms with E-state index in [1.54, 1.807) is 24.3 Å². The van der Waals surface area contributed by atoms with Crippen molar-refractivity contribution in [3.63, 3.8) is 0 Å². The maximum Gasteiger partial charge on any atom is 0.322 e. The highest BCUT2D eigenvalue weighted by molar-refractivity contribution is 9.10. The first-order chi connectivity index (χ1) is 15.0. The molecule has 1 aliphatic heterocycles. The summed E-state index contributed by atoms with van der Waals surface area (Å²) < 4.78 is 0.931. The average molecular weight is 497 g/mol. The van der Waals surface area contributed by atoms with Crippen LogP contribution >= 0.6 is 27.3 Å². The van der Waals surface area contributed by atoms with E-state index in [4.69, 9.17) is 5.26 Å². The molecular formula is C21H17BrN6O2S. The largest absolute Gasteiger partial charge is 0.322 e. The molecule has 1 saturated heterocycles. The summed E-state index contributed by atoms with van der Waals surface area (Å²) in [5.41, 5.74) is 1.98. The van der Waals surface area contributed by atoms with Gasteiger partial charge < -0.3 is 10.2 Å². The monoisotopic (exact) mass is 496 g/mol. The average Bonchev–Trinajstić information content (AvgIpc) is 3.44. The van der Waals surface area contributed by atoms with Crippen molar-refractivity contribution < 1.29 is 9.59 Å². The summed E-state index contributed by atoms with van der Waals surface area (Å²) in [6.07, 6.45) is 1.31. The Kier molecular flexibility index (Phi) is 6.25. The summed E-state index contributed by atoms with van der Waals surface area (Å²) in [5.74, 6) is -0.288. The fourth-order valence-electron chi connectivity index (χ4n) is 3.31. The van der Waals surface area contributed by atoms with E-state index in [9.17, 15) is 9.59 Å². The first kappa shape index (κ1) is 21.0. The Morgan fingerprint density at radius 2 is 1.97 bits per heavy atom. The number of anilines is 2. The van der Waals surface area contributed by atoms with Crippen LogP contribution in [0.25, 0.3) is 10.6 Å². The number of halogens is 1. The molecule has 0 spiro atoms. The molecule has 0 bridgehead atoms. The summed E-state index contributed by atoms with van der Waals surface area (Å²) in [7, 11) is 0. The molecule has 3 amide bonds. The SMILES string of the molecule is N#Cc1ccc(NC(=O)N2CCCC2C(=O)Nc2nnc(-c3cccc(Br)c3)s2)cc1. The molecule has 1 aromatic heterocycles. The fourth-order valence-corrected chi connectivity index (χ4v) is 4.45. The molecule has 3 aromatic rings. The van der Waals surface area contributed by atoms with Gasteiger partial charge in [-0.3, -0.25) is 10.1 Å².